The van der Waals surface area contributed by atoms with E-state index < -0.39 is 17.5 Å². The Labute approximate surface area is 174 Å². The van der Waals surface area contributed by atoms with Gasteiger partial charge in [0.15, 0.2) is 11.5 Å². The molecule has 2 heterocycles. The van der Waals surface area contributed by atoms with Crippen molar-refractivity contribution >= 4 is 32.6 Å². The van der Waals surface area contributed by atoms with Crippen LogP contribution in [0.3, 0.4) is 0 Å². The van der Waals surface area contributed by atoms with Gasteiger partial charge in [-0.3, -0.25) is 0 Å². The Morgan fingerprint density at radius 2 is 2.07 bits per heavy atom. The lowest BCUT2D eigenvalue weighted by molar-refractivity contribution is -0.138. The first-order chi connectivity index (χ1) is 14.3. The summed E-state index contributed by atoms with van der Waals surface area (Å²) in [5.41, 5.74) is 0.493. The fourth-order valence-electron chi connectivity index (χ4n) is 2.81. The monoisotopic (exact) mass is 478 g/mol. The second-order valence-electron chi connectivity index (χ2n) is 6.10. The number of alkyl halides is 3. The van der Waals surface area contributed by atoms with Gasteiger partial charge in [0.1, 0.15) is 11.1 Å². The normalized spacial score (nSPS) is 11.4. The van der Waals surface area contributed by atoms with Crippen LogP contribution in [0.5, 0.6) is 5.75 Å². The number of aromatic amines is 1. The molecule has 2 aromatic heterocycles. The molecule has 152 valence electrons. The van der Waals surface area contributed by atoms with Crippen LogP contribution in [0.25, 0.3) is 22.6 Å². The highest BCUT2D eigenvalue weighted by molar-refractivity contribution is 9.10. The summed E-state index contributed by atoms with van der Waals surface area (Å²) in [6.07, 6.45) is -3.40. The minimum atomic E-state index is -4.66. The predicted molar refractivity (Wildman–Crippen MR) is 102 cm³/mol. The molecule has 8 nitrogen and oxygen atoms in total. The van der Waals surface area contributed by atoms with E-state index in [1.54, 1.807) is 12.1 Å². The summed E-state index contributed by atoms with van der Waals surface area (Å²) in [6, 6.07) is 8.74. The largest absolute Gasteiger partial charge is 0.453 e. The van der Waals surface area contributed by atoms with Crippen molar-refractivity contribution in [3.05, 3.63) is 52.0 Å². The van der Waals surface area contributed by atoms with Crippen LogP contribution in [0.4, 0.5) is 18.9 Å². The van der Waals surface area contributed by atoms with Gasteiger partial charge in [-0.05, 0) is 52.4 Å². The van der Waals surface area contributed by atoms with Gasteiger partial charge in [-0.15, -0.1) is 10.4 Å². The molecule has 0 aliphatic carbocycles. The molecule has 0 aliphatic rings. The highest BCUT2D eigenvalue weighted by Crippen LogP contribution is 2.38. The standard InChI is InChI=1S/C18H10BrF3N6O2/c19-13-3-9-4-16(17-25-27-28-26-17)30-15(9)5-10(13)7-24-11-1-2-14(29-8-23)12(6-11)18(20,21)22/h1-6,24H,7H2,(H,25,26,27,28). The van der Waals surface area contributed by atoms with Crippen LogP contribution < -0.4 is 10.1 Å². The van der Waals surface area contributed by atoms with Crippen molar-refractivity contribution < 1.29 is 22.3 Å². The molecule has 0 unspecified atom stereocenters. The van der Waals surface area contributed by atoms with Crippen molar-refractivity contribution in [2.24, 2.45) is 0 Å². The summed E-state index contributed by atoms with van der Waals surface area (Å²) in [5.74, 6) is 0.277. The predicted octanol–water partition coefficient (Wildman–Crippen LogP) is 4.87. The molecule has 0 amide bonds. The third kappa shape index (κ3) is 3.92. The number of fused-ring (bicyclic) bond motifs is 1. The number of ether oxygens (including phenoxy) is 1. The molecule has 0 aliphatic heterocycles. The maximum absolute atomic E-state index is 13.2. The molecule has 2 aromatic carbocycles. The zero-order valence-electron chi connectivity index (χ0n) is 14.8. The van der Waals surface area contributed by atoms with Gasteiger partial charge in [-0.1, -0.05) is 15.9 Å². The fraction of sp³-hybridized carbons (Fsp3) is 0.111. The first kappa shape index (κ1) is 19.7. The Morgan fingerprint density at radius 1 is 1.23 bits per heavy atom. The Balaban J connectivity index is 1.59. The Kier molecular flexibility index (Phi) is 5.04. The lowest BCUT2D eigenvalue weighted by atomic mass is 10.1. The van der Waals surface area contributed by atoms with Gasteiger partial charge in [0.05, 0.1) is 0 Å². The number of benzene rings is 2. The summed E-state index contributed by atoms with van der Waals surface area (Å²) in [4.78, 5) is 0. The number of nitriles is 1. The van der Waals surface area contributed by atoms with Gasteiger partial charge >= 0.3 is 6.18 Å². The number of tetrazole rings is 1. The number of rotatable bonds is 5. The first-order valence-electron chi connectivity index (χ1n) is 8.32. The van der Waals surface area contributed by atoms with Gasteiger partial charge < -0.3 is 14.5 Å². The molecule has 0 saturated heterocycles. The molecular formula is C18H10BrF3N6O2. The highest BCUT2D eigenvalue weighted by atomic mass is 79.9. The molecule has 0 fully saturated rings. The number of nitrogens with one attached hydrogen (secondary N) is 2. The van der Waals surface area contributed by atoms with E-state index in [2.05, 4.69) is 46.6 Å². The van der Waals surface area contributed by atoms with Crippen molar-refractivity contribution in [1.82, 2.24) is 20.6 Å². The number of nitrogens with zero attached hydrogens (tertiary/aromatic N) is 4. The summed E-state index contributed by atoms with van der Waals surface area (Å²) < 4.78 is 50.5. The van der Waals surface area contributed by atoms with Crippen molar-refractivity contribution in [3.8, 4) is 23.6 Å². The summed E-state index contributed by atoms with van der Waals surface area (Å²) in [6.45, 7) is 0.214. The van der Waals surface area contributed by atoms with E-state index in [1.807, 2.05) is 6.07 Å². The van der Waals surface area contributed by atoms with Gasteiger partial charge in [0.25, 0.3) is 6.26 Å². The van der Waals surface area contributed by atoms with Crippen LogP contribution in [0.2, 0.25) is 0 Å². The molecule has 2 N–H and O–H groups in total. The smallest absolute Gasteiger partial charge is 0.420 e. The number of furan rings is 1. The molecule has 12 heteroatoms. The molecule has 0 bridgehead atoms. The maximum Gasteiger partial charge on any atom is 0.420 e. The molecule has 30 heavy (non-hydrogen) atoms. The van der Waals surface area contributed by atoms with Crippen LogP contribution in [0.1, 0.15) is 11.1 Å². The van der Waals surface area contributed by atoms with Crippen LogP contribution in [0.15, 0.2) is 45.3 Å². The maximum atomic E-state index is 13.2. The quantitative estimate of drug-likeness (QED) is 0.393. The van der Waals surface area contributed by atoms with E-state index >= 15 is 0 Å². The number of aromatic nitrogens is 4. The van der Waals surface area contributed by atoms with Crippen molar-refractivity contribution in [2.75, 3.05) is 5.32 Å². The van der Waals surface area contributed by atoms with Crippen LogP contribution in [-0.4, -0.2) is 20.6 Å². The third-order valence-corrected chi connectivity index (χ3v) is 4.93. The SMILES string of the molecule is N#COc1ccc(NCc2cc3oc(-c4nnn[nH]4)cc3cc2Br)cc1C(F)(F)F. The number of halogens is 4. The summed E-state index contributed by atoms with van der Waals surface area (Å²) in [5, 5.41) is 25.7. The molecule has 0 spiro atoms. The lowest BCUT2D eigenvalue weighted by Gasteiger charge is -2.14. The summed E-state index contributed by atoms with van der Waals surface area (Å²) in [7, 11) is 0. The number of hydrogen-bond donors (Lipinski definition) is 2. The number of hydrogen-bond acceptors (Lipinski definition) is 7. The molecule has 4 aromatic rings. The Hall–Kier alpha value is -3.59. The van der Waals surface area contributed by atoms with Gasteiger partial charge in [-0.25, -0.2) is 5.10 Å². The van der Waals surface area contributed by atoms with E-state index in [1.165, 1.54) is 12.3 Å². The van der Waals surface area contributed by atoms with E-state index in [0.29, 0.717) is 17.2 Å². The molecule has 0 atom stereocenters. The third-order valence-electron chi connectivity index (χ3n) is 4.19. The van der Waals surface area contributed by atoms with Gasteiger partial charge in [-0.2, -0.15) is 13.2 Å². The molecule has 0 radical (unpaired) electrons. The summed E-state index contributed by atoms with van der Waals surface area (Å²) >= 11 is 3.46. The van der Waals surface area contributed by atoms with E-state index in [9.17, 15) is 13.2 Å². The second-order valence-corrected chi connectivity index (χ2v) is 6.95. The molecular weight excluding hydrogens is 469 g/mol. The molecule has 0 saturated carbocycles. The highest BCUT2D eigenvalue weighted by Gasteiger charge is 2.35. The second kappa shape index (κ2) is 7.68. The number of anilines is 1. The van der Waals surface area contributed by atoms with Crippen molar-refractivity contribution in [2.45, 2.75) is 12.7 Å². The Bertz CT molecular complexity index is 1250. The lowest BCUT2D eigenvalue weighted by Crippen LogP contribution is -2.09. The Morgan fingerprint density at radius 3 is 2.77 bits per heavy atom. The van der Waals surface area contributed by atoms with Crippen molar-refractivity contribution in [1.29, 1.82) is 5.26 Å². The average Bonchev–Trinajstić information content (AvgIpc) is 3.35. The zero-order chi connectivity index (χ0) is 21.3. The fourth-order valence-corrected chi connectivity index (χ4v) is 3.32. The zero-order valence-corrected chi connectivity index (χ0v) is 16.4. The van der Waals surface area contributed by atoms with E-state index in [0.717, 1.165) is 27.6 Å². The van der Waals surface area contributed by atoms with E-state index in [4.69, 9.17) is 9.68 Å². The topological polar surface area (TPSA) is 113 Å². The van der Waals surface area contributed by atoms with Crippen LogP contribution >= 0.6 is 15.9 Å². The van der Waals surface area contributed by atoms with Crippen LogP contribution in [0, 0.1) is 11.5 Å². The van der Waals surface area contributed by atoms with E-state index in [-0.39, 0.29) is 12.2 Å². The average molecular weight is 479 g/mol. The molecule has 4 rings (SSSR count). The van der Waals surface area contributed by atoms with Crippen molar-refractivity contribution in [3.63, 3.8) is 0 Å². The first-order valence-corrected chi connectivity index (χ1v) is 9.11. The number of H-pyrrole nitrogens is 1. The minimum Gasteiger partial charge on any atom is -0.453 e. The van der Waals surface area contributed by atoms with Gasteiger partial charge in [0, 0.05) is 22.1 Å². The minimum absolute atomic E-state index is 0.214. The van der Waals surface area contributed by atoms with Crippen LogP contribution in [-0.2, 0) is 12.7 Å². The van der Waals surface area contributed by atoms with Gasteiger partial charge in [0.2, 0.25) is 5.82 Å².